The largest absolute Gasteiger partial charge is 0.459 e. The molecular weight excluding hydrogens is 282 g/mol. The second kappa shape index (κ2) is 6.15. The molecule has 3 rings (SSSR count). The van der Waals surface area contributed by atoms with Crippen LogP contribution in [0, 0.1) is 6.92 Å². The Bertz CT molecular complexity index is 716. The minimum absolute atomic E-state index is 0.207. The first kappa shape index (κ1) is 14.5. The van der Waals surface area contributed by atoms with Crippen LogP contribution in [0.2, 0.25) is 0 Å². The van der Waals surface area contributed by atoms with E-state index in [1.165, 1.54) is 0 Å². The number of hydrogen-bond donors (Lipinski definition) is 1. The molecule has 0 bridgehead atoms. The van der Waals surface area contributed by atoms with E-state index in [2.05, 4.69) is 34.5 Å². The lowest BCUT2D eigenvalue weighted by Crippen LogP contribution is -2.33. The van der Waals surface area contributed by atoms with Gasteiger partial charge in [-0.25, -0.2) is 0 Å². The summed E-state index contributed by atoms with van der Waals surface area (Å²) in [5, 5.41) is 15.7. The molecule has 0 fully saturated rings. The van der Waals surface area contributed by atoms with Crippen LogP contribution in [0.5, 0.6) is 0 Å². The minimum atomic E-state index is 0.207. The highest BCUT2D eigenvalue weighted by Crippen LogP contribution is 2.18. The molecule has 22 heavy (non-hydrogen) atoms. The van der Waals surface area contributed by atoms with Gasteiger partial charge in [-0.1, -0.05) is 0 Å². The Balaban J connectivity index is 1.58. The number of nitrogens with zero attached hydrogens (tertiary/aromatic N) is 4. The molecule has 0 aliphatic heterocycles. The summed E-state index contributed by atoms with van der Waals surface area (Å²) in [6.45, 7) is 6.75. The van der Waals surface area contributed by atoms with E-state index in [-0.39, 0.29) is 12.1 Å². The van der Waals surface area contributed by atoms with E-state index in [9.17, 15) is 0 Å². The predicted octanol–water partition coefficient (Wildman–Crippen LogP) is 2.57. The molecule has 2 atom stereocenters. The summed E-state index contributed by atoms with van der Waals surface area (Å²) in [4.78, 5) is 0. The van der Waals surface area contributed by atoms with Gasteiger partial charge >= 0.3 is 0 Å². The van der Waals surface area contributed by atoms with Crippen LogP contribution < -0.4 is 5.32 Å². The van der Waals surface area contributed by atoms with Gasteiger partial charge < -0.3 is 14.2 Å². The van der Waals surface area contributed by atoms with Crippen molar-refractivity contribution >= 4 is 0 Å². The van der Waals surface area contributed by atoms with E-state index >= 15 is 0 Å². The maximum Gasteiger partial charge on any atom is 0.283 e. The van der Waals surface area contributed by atoms with Crippen LogP contribution in [-0.2, 0) is 6.54 Å². The molecule has 116 valence electrons. The van der Waals surface area contributed by atoms with Gasteiger partial charge in [-0.05, 0) is 38.5 Å². The van der Waals surface area contributed by atoms with Crippen LogP contribution >= 0.6 is 0 Å². The first-order chi connectivity index (χ1) is 10.6. The molecule has 0 spiro atoms. The van der Waals surface area contributed by atoms with Crippen LogP contribution in [0.4, 0.5) is 0 Å². The minimum Gasteiger partial charge on any atom is -0.459 e. The molecule has 0 aliphatic rings. The summed E-state index contributed by atoms with van der Waals surface area (Å²) in [5.41, 5.74) is 1.15. The SMILES string of the molecule is Cc1cnn([C@H](C)[C@@H](C)NCc2nnc(-c3ccco3)o2)c1. The van der Waals surface area contributed by atoms with Gasteiger partial charge in [0.2, 0.25) is 5.89 Å². The predicted molar refractivity (Wildman–Crippen MR) is 80.0 cm³/mol. The zero-order chi connectivity index (χ0) is 15.5. The highest BCUT2D eigenvalue weighted by molar-refractivity contribution is 5.42. The van der Waals surface area contributed by atoms with E-state index in [4.69, 9.17) is 8.83 Å². The zero-order valence-electron chi connectivity index (χ0n) is 12.9. The monoisotopic (exact) mass is 301 g/mol. The fraction of sp³-hybridized carbons (Fsp3) is 0.400. The van der Waals surface area contributed by atoms with Crippen molar-refractivity contribution in [1.29, 1.82) is 0 Å². The molecule has 3 aromatic rings. The standard InChI is InChI=1S/C15H19N5O2/c1-10-7-17-20(9-10)12(3)11(2)16-8-14-18-19-15(22-14)13-5-4-6-21-13/h4-7,9,11-12,16H,8H2,1-3H3/t11-,12-/m1/s1. The molecular formula is C15H19N5O2. The van der Waals surface area contributed by atoms with Gasteiger partial charge in [-0.15, -0.1) is 10.2 Å². The summed E-state index contributed by atoms with van der Waals surface area (Å²) in [7, 11) is 0. The van der Waals surface area contributed by atoms with Crippen molar-refractivity contribution < 1.29 is 8.83 Å². The molecule has 7 nitrogen and oxygen atoms in total. The van der Waals surface area contributed by atoms with E-state index in [0.29, 0.717) is 24.1 Å². The van der Waals surface area contributed by atoms with Gasteiger partial charge in [0.25, 0.3) is 5.89 Å². The summed E-state index contributed by atoms with van der Waals surface area (Å²) >= 11 is 0. The highest BCUT2D eigenvalue weighted by atomic mass is 16.4. The van der Waals surface area contributed by atoms with Crippen LogP contribution in [-0.4, -0.2) is 26.0 Å². The van der Waals surface area contributed by atoms with E-state index in [1.54, 1.807) is 18.4 Å². The third kappa shape index (κ3) is 3.09. The van der Waals surface area contributed by atoms with Crippen molar-refractivity contribution in [1.82, 2.24) is 25.3 Å². The van der Waals surface area contributed by atoms with Crippen molar-refractivity contribution in [3.05, 3.63) is 42.2 Å². The fourth-order valence-electron chi connectivity index (χ4n) is 2.13. The molecule has 7 heteroatoms. The molecule has 3 heterocycles. The third-order valence-corrected chi connectivity index (χ3v) is 3.65. The second-order valence-corrected chi connectivity index (χ2v) is 5.39. The fourth-order valence-corrected chi connectivity index (χ4v) is 2.13. The Hall–Kier alpha value is -2.41. The average molecular weight is 301 g/mol. The Kier molecular flexibility index (Phi) is 4.06. The molecule has 0 saturated carbocycles. The maximum absolute atomic E-state index is 5.57. The van der Waals surface area contributed by atoms with E-state index in [0.717, 1.165) is 5.56 Å². The summed E-state index contributed by atoms with van der Waals surface area (Å²) < 4.78 is 12.7. The number of hydrogen-bond acceptors (Lipinski definition) is 6. The molecule has 0 unspecified atom stereocenters. The number of nitrogens with one attached hydrogen (secondary N) is 1. The summed E-state index contributed by atoms with van der Waals surface area (Å²) in [5.74, 6) is 1.50. The third-order valence-electron chi connectivity index (χ3n) is 3.65. The van der Waals surface area contributed by atoms with Crippen LogP contribution in [0.25, 0.3) is 11.7 Å². The van der Waals surface area contributed by atoms with Crippen molar-refractivity contribution in [2.75, 3.05) is 0 Å². The van der Waals surface area contributed by atoms with Gasteiger partial charge in [-0.3, -0.25) is 4.68 Å². The Labute approximate surface area is 128 Å². The van der Waals surface area contributed by atoms with Gasteiger partial charge in [0, 0.05) is 12.2 Å². The summed E-state index contributed by atoms with van der Waals surface area (Å²) in [6.07, 6.45) is 5.47. The van der Waals surface area contributed by atoms with Crippen molar-refractivity contribution in [3.63, 3.8) is 0 Å². The first-order valence-electron chi connectivity index (χ1n) is 7.24. The smallest absolute Gasteiger partial charge is 0.283 e. The summed E-state index contributed by atoms with van der Waals surface area (Å²) in [6, 6.07) is 4.00. The topological polar surface area (TPSA) is 81.9 Å². The second-order valence-electron chi connectivity index (χ2n) is 5.39. The number of furan rings is 1. The average Bonchev–Trinajstić information content (AvgIpc) is 3.24. The lowest BCUT2D eigenvalue weighted by atomic mass is 10.2. The van der Waals surface area contributed by atoms with Crippen molar-refractivity contribution in [2.45, 2.75) is 39.4 Å². The zero-order valence-corrected chi connectivity index (χ0v) is 12.9. The van der Waals surface area contributed by atoms with Gasteiger partial charge in [-0.2, -0.15) is 5.10 Å². The van der Waals surface area contributed by atoms with Gasteiger partial charge in [0.15, 0.2) is 5.76 Å². The first-order valence-corrected chi connectivity index (χ1v) is 7.24. The Morgan fingerprint density at radius 3 is 2.86 bits per heavy atom. The van der Waals surface area contributed by atoms with Crippen molar-refractivity contribution in [3.8, 4) is 11.7 Å². The molecule has 3 aromatic heterocycles. The number of aromatic nitrogens is 4. The molecule has 0 aliphatic carbocycles. The van der Waals surface area contributed by atoms with Crippen LogP contribution in [0.3, 0.4) is 0 Å². The number of aryl methyl sites for hydroxylation is 1. The normalized spacial score (nSPS) is 14.1. The van der Waals surface area contributed by atoms with Crippen molar-refractivity contribution in [2.24, 2.45) is 0 Å². The molecule has 0 radical (unpaired) electrons. The maximum atomic E-state index is 5.57. The van der Waals surface area contributed by atoms with Crippen LogP contribution in [0.15, 0.2) is 39.6 Å². The van der Waals surface area contributed by atoms with Gasteiger partial charge in [0.1, 0.15) is 0 Å². The molecule has 1 N–H and O–H groups in total. The lowest BCUT2D eigenvalue weighted by molar-refractivity contribution is 0.348. The van der Waals surface area contributed by atoms with E-state index < -0.39 is 0 Å². The Morgan fingerprint density at radius 1 is 1.32 bits per heavy atom. The quantitative estimate of drug-likeness (QED) is 0.753. The molecule has 0 amide bonds. The Morgan fingerprint density at radius 2 is 2.18 bits per heavy atom. The molecule has 0 saturated heterocycles. The lowest BCUT2D eigenvalue weighted by Gasteiger charge is -2.21. The van der Waals surface area contributed by atoms with E-state index in [1.807, 2.05) is 24.0 Å². The molecule has 0 aromatic carbocycles. The number of rotatable bonds is 6. The van der Waals surface area contributed by atoms with Gasteiger partial charge in [0.05, 0.1) is 25.0 Å². The highest BCUT2D eigenvalue weighted by Gasteiger charge is 2.16. The van der Waals surface area contributed by atoms with Crippen LogP contribution in [0.1, 0.15) is 31.3 Å².